The number of carbonyl (C=O) groups is 1. The quantitative estimate of drug-likeness (QED) is 0.751. The second kappa shape index (κ2) is 5.35. The molecule has 0 N–H and O–H groups in total. The van der Waals surface area contributed by atoms with E-state index in [0.29, 0.717) is 22.0 Å². The predicted molar refractivity (Wildman–Crippen MR) is 70.9 cm³/mol. The normalized spacial score (nSPS) is 10.2. The van der Waals surface area contributed by atoms with Crippen molar-refractivity contribution in [3.8, 4) is 0 Å². The molecule has 2 rings (SSSR count). The molecule has 0 unspecified atom stereocenters. The smallest absolute Gasteiger partial charge is 0.167 e. The summed E-state index contributed by atoms with van der Waals surface area (Å²) in [7, 11) is 0. The van der Waals surface area contributed by atoms with Crippen molar-refractivity contribution < 1.29 is 4.79 Å². The first-order valence-corrected chi connectivity index (χ1v) is 5.94. The van der Waals surface area contributed by atoms with Gasteiger partial charge in [-0.15, -0.1) is 0 Å². The summed E-state index contributed by atoms with van der Waals surface area (Å²) in [4.78, 5) is 12.0. The van der Waals surface area contributed by atoms with Crippen LogP contribution in [0.4, 0.5) is 0 Å². The van der Waals surface area contributed by atoms with Gasteiger partial charge in [0.05, 0.1) is 0 Å². The Labute approximate surface area is 110 Å². The van der Waals surface area contributed by atoms with E-state index in [4.69, 9.17) is 23.2 Å². The van der Waals surface area contributed by atoms with Gasteiger partial charge in [-0.25, -0.2) is 0 Å². The Kier molecular flexibility index (Phi) is 3.82. The van der Waals surface area contributed by atoms with Gasteiger partial charge in [-0.2, -0.15) is 0 Å². The van der Waals surface area contributed by atoms with Crippen molar-refractivity contribution in [1.29, 1.82) is 0 Å². The van der Waals surface area contributed by atoms with Crippen LogP contribution in [0.5, 0.6) is 0 Å². The van der Waals surface area contributed by atoms with Gasteiger partial charge in [0.15, 0.2) is 5.78 Å². The van der Waals surface area contributed by atoms with Gasteiger partial charge in [-0.05, 0) is 29.8 Å². The summed E-state index contributed by atoms with van der Waals surface area (Å²) >= 11 is 11.7. The van der Waals surface area contributed by atoms with Crippen LogP contribution < -0.4 is 0 Å². The zero-order valence-corrected chi connectivity index (χ0v) is 10.5. The second-order valence-corrected chi connectivity index (χ2v) is 4.61. The number of halogens is 2. The van der Waals surface area contributed by atoms with Crippen molar-refractivity contribution in [2.45, 2.75) is 6.42 Å². The van der Waals surface area contributed by atoms with E-state index in [1.165, 1.54) is 0 Å². The molecule has 0 atom stereocenters. The number of ketones is 1. The zero-order chi connectivity index (χ0) is 12.3. The van der Waals surface area contributed by atoms with E-state index in [9.17, 15) is 4.79 Å². The minimum atomic E-state index is 0.0368. The maximum absolute atomic E-state index is 12.0. The Morgan fingerprint density at radius 3 is 2.24 bits per heavy atom. The molecule has 2 aromatic rings. The molecule has 2 aromatic carbocycles. The maximum Gasteiger partial charge on any atom is 0.167 e. The fourth-order valence-electron chi connectivity index (χ4n) is 1.60. The van der Waals surface area contributed by atoms with E-state index < -0.39 is 0 Å². The van der Waals surface area contributed by atoms with Gasteiger partial charge < -0.3 is 0 Å². The highest BCUT2D eigenvalue weighted by Gasteiger charge is 2.07. The van der Waals surface area contributed by atoms with Crippen LogP contribution >= 0.6 is 23.2 Å². The Bertz CT molecular complexity index is 549. The van der Waals surface area contributed by atoms with Crippen LogP contribution in [0.25, 0.3) is 0 Å². The van der Waals surface area contributed by atoms with E-state index in [1.807, 2.05) is 12.1 Å². The zero-order valence-electron chi connectivity index (χ0n) is 8.99. The van der Waals surface area contributed by atoms with Crippen molar-refractivity contribution in [3.05, 3.63) is 69.7 Å². The van der Waals surface area contributed by atoms with E-state index in [2.05, 4.69) is 0 Å². The molecule has 0 aliphatic rings. The summed E-state index contributed by atoms with van der Waals surface area (Å²) in [5, 5.41) is 1.21. The number of benzene rings is 2. The number of rotatable bonds is 3. The molecule has 0 aliphatic heterocycles. The van der Waals surface area contributed by atoms with Crippen molar-refractivity contribution in [2.24, 2.45) is 0 Å². The van der Waals surface area contributed by atoms with E-state index in [-0.39, 0.29) is 5.78 Å². The van der Waals surface area contributed by atoms with Gasteiger partial charge >= 0.3 is 0 Å². The van der Waals surface area contributed by atoms with Gasteiger partial charge in [0.2, 0.25) is 0 Å². The molecule has 0 spiro atoms. The summed E-state index contributed by atoms with van der Waals surface area (Å²) in [5.74, 6) is 0.0368. The molecule has 0 amide bonds. The summed E-state index contributed by atoms with van der Waals surface area (Å²) in [6.07, 6.45) is 0.334. The largest absolute Gasteiger partial charge is 0.294 e. The Balaban J connectivity index is 2.17. The number of hydrogen-bond donors (Lipinski definition) is 0. The minimum Gasteiger partial charge on any atom is -0.294 e. The van der Waals surface area contributed by atoms with Crippen LogP contribution in [0.15, 0.2) is 48.5 Å². The fourth-order valence-corrected chi connectivity index (χ4v) is 2.00. The first kappa shape index (κ1) is 12.2. The molecule has 0 saturated heterocycles. The predicted octanol–water partition coefficient (Wildman–Crippen LogP) is 4.42. The highest BCUT2D eigenvalue weighted by molar-refractivity contribution is 6.31. The van der Waals surface area contributed by atoms with Gasteiger partial charge in [0.1, 0.15) is 0 Å². The SMILES string of the molecule is O=C(Cc1cccc(Cl)c1)c1cccc(Cl)c1. The summed E-state index contributed by atoms with van der Waals surface area (Å²) in [6, 6.07) is 14.3. The van der Waals surface area contributed by atoms with Crippen LogP contribution in [0.2, 0.25) is 10.0 Å². The average Bonchev–Trinajstić information content (AvgIpc) is 2.29. The van der Waals surface area contributed by atoms with E-state index in [1.54, 1.807) is 36.4 Å². The minimum absolute atomic E-state index is 0.0368. The van der Waals surface area contributed by atoms with Gasteiger partial charge in [-0.1, -0.05) is 47.5 Å². The molecule has 0 heterocycles. The third-order valence-electron chi connectivity index (χ3n) is 2.40. The molecule has 0 aromatic heterocycles. The standard InChI is InChI=1S/C14H10Cl2O/c15-12-5-1-3-10(7-12)8-14(17)11-4-2-6-13(16)9-11/h1-7,9H,8H2. The molecule has 1 nitrogen and oxygen atoms in total. The van der Waals surface area contributed by atoms with Crippen molar-refractivity contribution in [2.75, 3.05) is 0 Å². The fraction of sp³-hybridized carbons (Fsp3) is 0.0714. The molecule has 3 heteroatoms. The molecule has 17 heavy (non-hydrogen) atoms. The average molecular weight is 265 g/mol. The molecule has 0 fully saturated rings. The van der Waals surface area contributed by atoms with Crippen LogP contribution in [-0.4, -0.2) is 5.78 Å². The molecule has 86 valence electrons. The van der Waals surface area contributed by atoms with E-state index in [0.717, 1.165) is 5.56 Å². The third kappa shape index (κ3) is 3.32. The van der Waals surface area contributed by atoms with Gasteiger partial charge in [-0.3, -0.25) is 4.79 Å². The number of hydrogen-bond acceptors (Lipinski definition) is 1. The van der Waals surface area contributed by atoms with Gasteiger partial charge in [0, 0.05) is 22.0 Å². The lowest BCUT2D eigenvalue weighted by atomic mass is 10.0. The van der Waals surface area contributed by atoms with Crippen LogP contribution in [-0.2, 0) is 6.42 Å². The molecule has 0 radical (unpaired) electrons. The highest BCUT2D eigenvalue weighted by atomic mass is 35.5. The second-order valence-electron chi connectivity index (χ2n) is 3.74. The molecule has 0 saturated carbocycles. The first-order valence-electron chi connectivity index (χ1n) is 5.18. The highest BCUT2D eigenvalue weighted by Crippen LogP contribution is 2.15. The van der Waals surface area contributed by atoms with Crippen molar-refractivity contribution in [1.82, 2.24) is 0 Å². The lowest BCUT2D eigenvalue weighted by Crippen LogP contribution is -2.03. The summed E-state index contributed by atoms with van der Waals surface area (Å²) in [5.41, 5.74) is 1.53. The lowest BCUT2D eigenvalue weighted by molar-refractivity contribution is 0.0993. The van der Waals surface area contributed by atoms with Gasteiger partial charge in [0.25, 0.3) is 0 Å². The van der Waals surface area contributed by atoms with Crippen molar-refractivity contribution in [3.63, 3.8) is 0 Å². The Morgan fingerprint density at radius 1 is 0.941 bits per heavy atom. The number of carbonyl (C=O) groups excluding carboxylic acids is 1. The van der Waals surface area contributed by atoms with Crippen molar-refractivity contribution >= 4 is 29.0 Å². The topological polar surface area (TPSA) is 17.1 Å². The monoisotopic (exact) mass is 264 g/mol. The van der Waals surface area contributed by atoms with Crippen LogP contribution in [0.3, 0.4) is 0 Å². The molecular weight excluding hydrogens is 255 g/mol. The number of Topliss-reactive ketones (excluding diaryl/α,β-unsaturated/α-hetero) is 1. The molecular formula is C14H10Cl2O. The van der Waals surface area contributed by atoms with Crippen LogP contribution in [0, 0.1) is 0 Å². The molecule has 0 aliphatic carbocycles. The molecule has 0 bridgehead atoms. The Hall–Kier alpha value is -1.31. The van der Waals surface area contributed by atoms with E-state index >= 15 is 0 Å². The maximum atomic E-state index is 12.0. The third-order valence-corrected chi connectivity index (χ3v) is 2.87. The summed E-state index contributed by atoms with van der Waals surface area (Å²) < 4.78 is 0. The summed E-state index contributed by atoms with van der Waals surface area (Å²) in [6.45, 7) is 0. The lowest BCUT2D eigenvalue weighted by Gasteiger charge is -2.02. The van der Waals surface area contributed by atoms with Crippen LogP contribution in [0.1, 0.15) is 15.9 Å². The first-order chi connectivity index (χ1) is 8.15. The Morgan fingerprint density at radius 2 is 1.59 bits per heavy atom.